The van der Waals surface area contributed by atoms with Crippen molar-refractivity contribution in [3.8, 4) is 0 Å². The molecule has 0 spiro atoms. The standard InChI is InChI=1S/C20H22N2O2/c1-2-15-10-6-7-11-18(15)22-20(24)17-12-16(17)19(23)21-13-14-8-4-3-5-9-14/h3-11,16-17H,2,12-13H2,1H3,(H,21,23)(H,22,24). The molecule has 0 aliphatic heterocycles. The Balaban J connectivity index is 1.51. The van der Waals surface area contributed by atoms with Crippen LogP contribution in [0, 0.1) is 11.8 Å². The number of anilines is 1. The Morgan fingerprint density at radius 3 is 2.38 bits per heavy atom. The summed E-state index contributed by atoms with van der Waals surface area (Å²) in [6.45, 7) is 2.56. The summed E-state index contributed by atoms with van der Waals surface area (Å²) in [5.74, 6) is -0.522. The van der Waals surface area contributed by atoms with E-state index < -0.39 is 0 Å². The number of para-hydroxylation sites is 1. The van der Waals surface area contributed by atoms with Gasteiger partial charge in [0.05, 0.1) is 11.8 Å². The molecular formula is C20H22N2O2. The zero-order valence-electron chi connectivity index (χ0n) is 13.8. The van der Waals surface area contributed by atoms with E-state index in [1.54, 1.807) is 0 Å². The van der Waals surface area contributed by atoms with Gasteiger partial charge >= 0.3 is 0 Å². The van der Waals surface area contributed by atoms with Crippen molar-refractivity contribution >= 4 is 17.5 Å². The summed E-state index contributed by atoms with van der Waals surface area (Å²) in [6.07, 6.45) is 1.49. The smallest absolute Gasteiger partial charge is 0.228 e. The Morgan fingerprint density at radius 1 is 0.958 bits per heavy atom. The summed E-state index contributed by atoms with van der Waals surface area (Å²) < 4.78 is 0. The van der Waals surface area contributed by atoms with Gasteiger partial charge in [0.1, 0.15) is 0 Å². The van der Waals surface area contributed by atoms with Gasteiger partial charge in [-0.15, -0.1) is 0 Å². The lowest BCUT2D eigenvalue weighted by Crippen LogP contribution is -2.27. The first-order valence-electron chi connectivity index (χ1n) is 8.39. The summed E-state index contributed by atoms with van der Waals surface area (Å²) in [5, 5.41) is 5.88. The van der Waals surface area contributed by atoms with Gasteiger partial charge in [-0.2, -0.15) is 0 Å². The van der Waals surface area contributed by atoms with Crippen molar-refractivity contribution in [1.82, 2.24) is 5.32 Å². The molecule has 4 nitrogen and oxygen atoms in total. The second-order valence-electron chi connectivity index (χ2n) is 6.15. The van der Waals surface area contributed by atoms with Gasteiger partial charge in [-0.1, -0.05) is 55.5 Å². The minimum atomic E-state index is -0.217. The van der Waals surface area contributed by atoms with Crippen molar-refractivity contribution in [2.24, 2.45) is 11.8 Å². The molecule has 1 fully saturated rings. The minimum Gasteiger partial charge on any atom is -0.352 e. The number of carbonyl (C=O) groups is 2. The highest BCUT2D eigenvalue weighted by Gasteiger charge is 2.47. The zero-order valence-corrected chi connectivity index (χ0v) is 13.8. The first-order valence-corrected chi connectivity index (χ1v) is 8.39. The van der Waals surface area contributed by atoms with E-state index in [1.165, 1.54) is 0 Å². The molecule has 24 heavy (non-hydrogen) atoms. The lowest BCUT2D eigenvalue weighted by atomic mass is 10.1. The predicted molar refractivity (Wildman–Crippen MR) is 94.3 cm³/mol. The van der Waals surface area contributed by atoms with Crippen molar-refractivity contribution in [2.75, 3.05) is 5.32 Å². The second-order valence-corrected chi connectivity index (χ2v) is 6.15. The molecule has 2 amide bonds. The Hall–Kier alpha value is -2.62. The molecule has 1 aliphatic rings. The van der Waals surface area contributed by atoms with E-state index in [4.69, 9.17) is 0 Å². The van der Waals surface area contributed by atoms with Gasteiger partial charge in [-0.25, -0.2) is 0 Å². The Morgan fingerprint density at radius 2 is 1.62 bits per heavy atom. The molecule has 0 bridgehead atoms. The summed E-state index contributed by atoms with van der Waals surface area (Å²) >= 11 is 0. The third-order valence-corrected chi connectivity index (χ3v) is 4.43. The molecule has 0 saturated heterocycles. The molecule has 0 aromatic heterocycles. The topological polar surface area (TPSA) is 58.2 Å². The molecule has 0 heterocycles. The van der Waals surface area contributed by atoms with Crippen molar-refractivity contribution in [1.29, 1.82) is 0 Å². The maximum Gasteiger partial charge on any atom is 0.228 e. The summed E-state index contributed by atoms with van der Waals surface area (Å²) in [6, 6.07) is 17.6. The highest BCUT2D eigenvalue weighted by Crippen LogP contribution is 2.39. The van der Waals surface area contributed by atoms with Crippen molar-refractivity contribution in [3.63, 3.8) is 0 Å². The summed E-state index contributed by atoms with van der Waals surface area (Å²) in [5.41, 5.74) is 3.02. The maximum atomic E-state index is 12.3. The van der Waals surface area contributed by atoms with E-state index in [1.807, 2.05) is 54.6 Å². The number of hydrogen-bond donors (Lipinski definition) is 2. The summed E-state index contributed by atoms with van der Waals surface area (Å²) in [7, 11) is 0. The SMILES string of the molecule is CCc1ccccc1NC(=O)C1CC1C(=O)NCc1ccccc1. The highest BCUT2D eigenvalue weighted by molar-refractivity contribution is 5.99. The minimum absolute atomic E-state index is 0.0391. The molecule has 124 valence electrons. The third kappa shape index (κ3) is 3.82. The van der Waals surface area contributed by atoms with Crippen LogP contribution in [0.5, 0.6) is 0 Å². The van der Waals surface area contributed by atoms with Gasteiger partial charge < -0.3 is 10.6 Å². The van der Waals surface area contributed by atoms with Crippen LogP contribution in [-0.4, -0.2) is 11.8 Å². The highest BCUT2D eigenvalue weighted by atomic mass is 16.2. The number of aryl methyl sites for hydroxylation is 1. The third-order valence-electron chi connectivity index (χ3n) is 4.43. The summed E-state index contributed by atoms with van der Waals surface area (Å²) in [4.78, 5) is 24.5. The van der Waals surface area contributed by atoms with Gasteiger partial charge in [-0.3, -0.25) is 9.59 Å². The molecule has 2 unspecified atom stereocenters. The molecular weight excluding hydrogens is 300 g/mol. The number of amides is 2. The van der Waals surface area contributed by atoms with Crippen LogP contribution in [0.1, 0.15) is 24.5 Å². The van der Waals surface area contributed by atoms with E-state index in [-0.39, 0.29) is 23.7 Å². The van der Waals surface area contributed by atoms with Gasteiger partial charge in [0.2, 0.25) is 11.8 Å². The van der Waals surface area contributed by atoms with E-state index in [0.717, 1.165) is 23.2 Å². The fourth-order valence-electron chi connectivity index (χ4n) is 2.87. The molecule has 2 atom stereocenters. The van der Waals surface area contributed by atoms with Crippen molar-refractivity contribution in [2.45, 2.75) is 26.3 Å². The van der Waals surface area contributed by atoms with Crippen LogP contribution < -0.4 is 10.6 Å². The maximum absolute atomic E-state index is 12.3. The van der Waals surface area contributed by atoms with Crippen LogP contribution in [0.3, 0.4) is 0 Å². The Labute approximate surface area is 142 Å². The quantitative estimate of drug-likeness (QED) is 0.858. The predicted octanol–water partition coefficient (Wildman–Crippen LogP) is 3.14. The first-order chi connectivity index (χ1) is 11.7. The van der Waals surface area contributed by atoms with E-state index in [0.29, 0.717) is 13.0 Å². The second kappa shape index (κ2) is 7.30. The molecule has 1 aliphatic carbocycles. The number of nitrogens with one attached hydrogen (secondary N) is 2. The normalized spacial score (nSPS) is 18.7. The Kier molecular flexibility index (Phi) is 4.94. The number of carbonyl (C=O) groups excluding carboxylic acids is 2. The monoisotopic (exact) mass is 322 g/mol. The van der Waals surface area contributed by atoms with Gasteiger partial charge in [0.15, 0.2) is 0 Å². The fraction of sp³-hybridized carbons (Fsp3) is 0.300. The largest absolute Gasteiger partial charge is 0.352 e. The van der Waals surface area contributed by atoms with Crippen LogP contribution in [0.15, 0.2) is 54.6 Å². The van der Waals surface area contributed by atoms with Crippen LogP contribution in [0.4, 0.5) is 5.69 Å². The zero-order chi connectivity index (χ0) is 16.9. The molecule has 1 saturated carbocycles. The van der Waals surface area contributed by atoms with E-state index in [9.17, 15) is 9.59 Å². The molecule has 3 rings (SSSR count). The van der Waals surface area contributed by atoms with Crippen molar-refractivity contribution < 1.29 is 9.59 Å². The molecule has 4 heteroatoms. The van der Waals surface area contributed by atoms with Crippen LogP contribution >= 0.6 is 0 Å². The van der Waals surface area contributed by atoms with Crippen LogP contribution in [0.25, 0.3) is 0 Å². The Bertz CT molecular complexity index is 727. The molecule has 2 N–H and O–H groups in total. The van der Waals surface area contributed by atoms with Gasteiger partial charge in [-0.05, 0) is 30.0 Å². The number of rotatable bonds is 6. The lowest BCUT2D eigenvalue weighted by molar-refractivity contribution is -0.125. The average Bonchev–Trinajstić information content (AvgIpc) is 3.42. The van der Waals surface area contributed by atoms with Gasteiger partial charge in [0.25, 0.3) is 0 Å². The molecule has 2 aromatic rings. The molecule has 2 aromatic carbocycles. The van der Waals surface area contributed by atoms with Crippen molar-refractivity contribution in [3.05, 3.63) is 65.7 Å². The van der Waals surface area contributed by atoms with E-state index in [2.05, 4.69) is 17.6 Å². The first kappa shape index (κ1) is 16.2. The lowest BCUT2D eigenvalue weighted by Gasteiger charge is -2.09. The number of hydrogen-bond acceptors (Lipinski definition) is 2. The van der Waals surface area contributed by atoms with Crippen LogP contribution in [-0.2, 0) is 22.6 Å². The van der Waals surface area contributed by atoms with E-state index >= 15 is 0 Å². The number of benzene rings is 2. The van der Waals surface area contributed by atoms with Crippen LogP contribution in [0.2, 0.25) is 0 Å². The van der Waals surface area contributed by atoms with Gasteiger partial charge in [0, 0.05) is 12.2 Å². The molecule has 0 radical (unpaired) electrons. The fourth-order valence-corrected chi connectivity index (χ4v) is 2.87. The average molecular weight is 322 g/mol.